The van der Waals surface area contributed by atoms with Crippen molar-refractivity contribution in [3.05, 3.63) is 52.8 Å². The van der Waals surface area contributed by atoms with Crippen molar-refractivity contribution in [3.63, 3.8) is 0 Å². The summed E-state index contributed by atoms with van der Waals surface area (Å²) >= 11 is 0. The molecule has 2 aliphatic heterocycles. The van der Waals surface area contributed by atoms with E-state index in [0.717, 1.165) is 25.1 Å². The molecule has 32 heavy (non-hydrogen) atoms. The van der Waals surface area contributed by atoms with E-state index in [-0.39, 0.29) is 24.1 Å². The van der Waals surface area contributed by atoms with Crippen LogP contribution < -0.4 is 5.32 Å². The molecule has 0 spiro atoms. The molecule has 1 aromatic heterocycles. The molecule has 0 saturated carbocycles. The molecule has 1 N–H and O–H groups in total. The summed E-state index contributed by atoms with van der Waals surface area (Å²) in [6.07, 6.45) is 0.759. The van der Waals surface area contributed by atoms with Gasteiger partial charge in [0, 0.05) is 51.9 Å². The van der Waals surface area contributed by atoms with Gasteiger partial charge >= 0.3 is 0 Å². The van der Waals surface area contributed by atoms with E-state index in [1.807, 2.05) is 38.2 Å². The Kier molecular flexibility index (Phi) is 6.55. The molecule has 3 amide bonds. The maximum Gasteiger partial charge on any atom is 0.272 e. The fraction of sp³-hybridized carbons (Fsp3) is 0.478. The third kappa shape index (κ3) is 4.99. The third-order valence-corrected chi connectivity index (χ3v) is 6.07. The van der Waals surface area contributed by atoms with Gasteiger partial charge in [0.15, 0.2) is 5.69 Å². The predicted octanol–water partition coefficient (Wildman–Crippen LogP) is 0.741. The first-order chi connectivity index (χ1) is 15.4. The Balaban J connectivity index is 1.38. The Hall–Kier alpha value is -3.20. The van der Waals surface area contributed by atoms with Gasteiger partial charge in [-0.05, 0) is 26.0 Å². The molecule has 1 aromatic carbocycles. The predicted molar refractivity (Wildman–Crippen MR) is 119 cm³/mol. The molecule has 9 nitrogen and oxygen atoms in total. The molecular weight excluding hydrogens is 408 g/mol. The number of nitrogens with one attached hydrogen (secondary N) is 1. The number of benzene rings is 1. The normalized spacial score (nSPS) is 17.1. The van der Waals surface area contributed by atoms with Crippen molar-refractivity contribution in [2.24, 2.45) is 0 Å². The first-order valence-corrected chi connectivity index (χ1v) is 11.1. The third-order valence-electron chi connectivity index (χ3n) is 6.07. The minimum absolute atomic E-state index is 0.0712. The van der Waals surface area contributed by atoms with Gasteiger partial charge in [-0.2, -0.15) is 5.10 Å². The monoisotopic (exact) mass is 438 g/mol. The van der Waals surface area contributed by atoms with Crippen molar-refractivity contribution < 1.29 is 14.4 Å². The van der Waals surface area contributed by atoms with Crippen LogP contribution >= 0.6 is 0 Å². The summed E-state index contributed by atoms with van der Waals surface area (Å²) in [6, 6.07) is 9.66. The quantitative estimate of drug-likeness (QED) is 0.744. The van der Waals surface area contributed by atoms with E-state index >= 15 is 0 Å². The molecular formula is C23H30N6O3. The van der Waals surface area contributed by atoms with Crippen LogP contribution in [0.3, 0.4) is 0 Å². The number of aryl methyl sites for hydroxylation is 2. The highest BCUT2D eigenvalue weighted by Gasteiger charge is 2.27. The van der Waals surface area contributed by atoms with E-state index < -0.39 is 5.91 Å². The van der Waals surface area contributed by atoms with Crippen molar-refractivity contribution >= 4 is 17.7 Å². The van der Waals surface area contributed by atoms with Gasteiger partial charge in [0.2, 0.25) is 5.91 Å². The molecule has 170 valence electrons. The number of hydrogen-bond acceptors (Lipinski definition) is 5. The zero-order valence-electron chi connectivity index (χ0n) is 18.7. The second kappa shape index (κ2) is 9.52. The zero-order chi connectivity index (χ0) is 22.7. The molecule has 9 heteroatoms. The molecule has 0 radical (unpaired) electrons. The van der Waals surface area contributed by atoms with E-state index in [9.17, 15) is 14.4 Å². The van der Waals surface area contributed by atoms with Crippen LogP contribution in [0.15, 0.2) is 30.3 Å². The summed E-state index contributed by atoms with van der Waals surface area (Å²) < 4.78 is 1.61. The Labute approximate surface area is 188 Å². The minimum atomic E-state index is -0.439. The van der Waals surface area contributed by atoms with Crippen LogP contribution in [-0.4, -0.2) is 88.5 Å². The lowest BCUT2D eigenvalue weighted by atomic mass is 10.1. The lowest BCUT2D eigenvalue weighted by molar-refractivity contribution is -0.131. The van der Waals surface area contributed by atoms with Gasteiger partial charge in [-0.3, -0.25) is 19.1 Å². The molecule has 0 unspecified atom stereocenters. The number of carbonyl (C=O) groups is 3. The largest absolute Gasteiger partial charge is 0.342 e. The summed E-state index contributed by atoms with van der Waals surface area (Å²) in [5.74, 6) is -0.679. The topological polar surface area (TPSA) is 90.8 Å². The number of nitrogens with zero attached hydrogens (tertiary/aromatic N) is 5. The Bertz CT molecular complexity index is 992. The van der Waals surface area contributed by atoms with Crippen LogP contribution in [-0.2, 0) is 17.9 Å². The van der Waals surface area contributed by atoms with Gasteiger partial charge in [-0.25, -0.2) is 0 Å². The highest BCUT2D eigenvalue weighted by molar-refractivity contribution is 5.99. The number of likely N-dealkylation sites (N-methyl/N-ethyl adjacent to an activating group) is 1. The Morgan fingerprint density at radius 1 is 1.03 bits per heavy atom. The number of aromatic nitrogens is 2. The van der Waals surface area contributed by atoms with Crippen molar-refractivity contribution in [1.29, 1.82) is 0 Å². The molecule has 4 rings (SSSR count). The molecule has 1 saturated heterocycles. The summed E-state index contributed by atoms with van der Waals surface area (Å²) in [7, 11) is 2.02. The number of fused-ring (bicyclic) bond motifs is 1. The van der Waals surface area contributed by atoms with Crippen LogP contribution in [0.25, 0.3) is 0 Å². The van der Waals surface area contributed by atoms with Gasteiger partial charge in [0.1, 0.15) is 5.69 Å². The maximum atomic E-state index is 13.1. The second-order valence-corrected chi connectivity index (χ2v) is 8.57. The van der Waals surface area contributed by atoms with Gasteiger partial charge in [-0.1, -0.05) is 29.8 Å². The van der Waals surface area contributed by atoms with Crippen LogP contribution in [0.5, 0.6) is 0 Å². The standard InChI is InChI=1S/C23H30N6O3/c1-17-4-6-18(7-5-17)16-28-8-3-9-29-20(23(28)32)14-19(25-29)22(31)24-15-21(30)27-12-10-26(2)11-13-27/h4-7,14H,3,8-13,15-16H2,1-2H3,(H,24,31). The lowest BCUT2D eigenvalue weighted by Gasteiger charge is -2.32. The van der Waals surface area contributed by atoms with Gasteiger partial charge in [0.05, 0.1) is 6.54 Å². The van der Waals surface area contributed by atoms with E-state index in [0.29, 0.717) is 38.4 Å². The van der Waals surface area contributed by atoms with Crippen LogP contribution in [0, 0.1) is 6.92 Å². The lowest BCUT2D eigenvalue weighted by Crippen LogP contribution is -2.50. The molecule has 3 heterocycles. The van der Waals surface area contributed by atoms with Gasteiger partial charge in [0.25, 0.3) is 11.8 Å². The maximum absolute atomic E-state index is 13.1. The first kappa shape index (κ1) is 22.0. The molecule has 2 aliphatic rings. The Morgan fingerprint density at radius 3 is 2.47 bits per heavy atom. The van der Waals surface area contributed by atoms with Gasteiger partial charge < -0.3 is 20.0 Å². The number of carbonyl (C=O) groups excluding carboxylic acids is 3. The van der Waals surface area contributed by atoms with Crippen molar-refractivity contribution in [2.45, 2.75) is 26.4 Å². The van der Waals surface area contributed by atoms with E-state index in [1.54, 1.807) is 14.5 Å². The van der Waals surface area contributed by atoms with Crippen LogP contribution in [0.1, 0.15) is 38.5 Å². The molecule has 0 bridgehead atoms. The van der Waals surface area contributed by atoms with E-state index in [1.165, 1.54) is 11.6 Å². The average Bonchev–Trinajstić information content (AvgIpc) is 3.16. The average molecular weight is 439 g/mol. The zero-order valence-corrected chi connectivity index (χ0v) is 18.7. The van der Waals surface area contributed by atoms with Crippen molar-refractivity contribution in [1.82, 2.24) is 29.8 Å². The number of hydrogen-bond donors (Lipinski definition) is 1. The SMILES string of the molecule is Cc1ccc(CN2CCCn3nc(C(=O)NCC(=O)N4CCN(C)CC4)cc3C2=O)cc1. The summed E-state index contributed by atoms with van der Waals surface area (Å²) in [5.41, 5.74) is 2.81. The van der Waals surface area contributed by atoms with Crippen LogP contribution in [0.4, 0.5) is 0 Å². The summed E-state index contributed by atoms with van der Waals surface area (Å²) in [5, 5.41) is 7.00. The Morgan fingerprint density at radius 2 is 1.75 bits per heavy atom. The summed E-state index contributed by atoms with van der Waals surface area (Å²) in [6.45, 7) is 6.66. The highest BCUT2D eigenvalue weighted by Crippen LogP contribution is 2.17. The molecule has 1 fully saturated rings. The molecule has 0 atom stereocenters. The number of amides is 3. The smallest absolute Gasteiger partial charge is 0.272 e. The van der Waals surface area contributed by atoms with Crippen molar-refractivity contribution in [3.8, 4) is 0 Å². The highest BCUT2D eigenvalue weighted by atomic mass is 16.2. The fourth-order valence-electron chi connectivity index (χ4n) is 4.02. The van der Waals surface area contributed by atoms with Crippen molar-refractivity contribution in [2.75, 3.05) is 46.3 Å². The first-order valence-electron chi connectivity index (χ1n) is 11.1. The molecule has 2 aromatic rings. The van der Waals surface area contributed by atoms with Gasteiger partial charge in [-0.15, -0.1) is 0 Å². The minimum Gasteiger partial charge on any atom is -0.342 e. The van der Waals surface area contributed by atoms with Crippen LogP contribution in [0.2, 0.25) is 0 Å². The number of rotatable bonds is 5. The molecule has 0 aliphatic carbocycles. The fourth-order valence-corrected chi connectivity index (χ4v) is 4.02. The second-order valence-electron chi connectivity index (χ2n) is 8.57. The van der Waals surface area contributed by atoms with E-state index in [4.69, 9.17) is 0 Å². The number of piperazine rings is 1. The van der Waals surface area contributed by atoms with E-state index in [2.05, 4.69) is 15.3 Å². The summed E-state index contributed by atoms with van der Waals surface area (Å²) in [4.78, 5) is 43.8.